The molecular formula is C16H25NO2S2. The molecule has 2 rings (SSSR count). The van der Waals surface area contributed by atoms with Crippen LogP contribution in [-0.4, -0.2) is 42.3 Å². The van der Waals surface area contributed by atoms with Crippen molar-refractivity contribution in [1.82, 2.24) is 0 Å². The summed E-state index contributed by atoms with van der Waals surface area (Å²) >= 11 is 4.07. The Morgan fingerprint density at radius 3 is 2.76 bits per heavy atom. The molecule has 118 valence electrons. The number of hydrogen-bond acceptors (Lipinski definition) is 5. The molecule has 1 saturated heterocycles. The van der Waals surface area contributed by atoms with Crippen molar-refractivity contribution in [2.75, 3.05) is 31.8 Å². The molecule has 3 unspecified atom stereocenters. The van der Waals surface area contributed by atoms with Crippen LogP contribution < -0.4 is 10.5 Å². The molecule has 5 heteroatoms. The number of rotatable bonds is 7. The third-order valence-electron chi connectivity index (χ3n) is 3.67. The fourth-order valence-corrected chi connectivity index (χ4v) is 5.74. The van der Waals surface area contributed by atoms with Gasteiger partial charge in [-0.3, -0.25) is 0 Å². The van der Waals surface area contributed by atoms with E-state index in [0.717, 1.165) is 11.3 Å². The maximum atomic E-state index is 6.60. The molecule has 0 amide bonds. The fraction of sp³-hybridized carbons (Fsp3) is 0.625. The highest BCUT2D eigenvalue weighted by atomic mass is 32.2. The maximum absolute atomic E-state index is 6.60. The summed E-state index contributed by atoms with van der Waals surface area (Å²) in [7, 11) is 1.68. The topological polar surface area (TPSA) is 44.5 Å². The van der Waals surface area contributed by atoms with Crippen LogP contribution >= 0.6 is 23.5 Å². The zero-order valence-electron chi connectivity index (χ0n) is 12.8. The predicted octanol–water partition coefficient (Wildman–Crippen LogP) is 3.34. The number of ether oxygens (including phenoxy) is 2. The number of hydrogen-bond donors (Lipinski definition) is 1. The molecule has 3 nitrogen and oxygen atoms in total. The van der Waals surface area contributed by atoms with Crippen LogP contribution in [0, 0.1) is 0 Å². The minimum Gasteiger partial charge on any atom is -0.491 e. The average Bonchev–Trinajstić information content (AvgIpc) is 2.55. The van der Waals surface area contributed by atoms with Crippen molar-refractivity contribution in [2.45, 2.75) is 29.9 Å². The van der Waals surface area contributed by atoms with Crippen molar-refractivity contribution >= 4 is 23.5 Å². The summed E-state index contributed by atoms with van der Waals surface area (Å²) in [5.74, 6) is 3.32. The third kappa shape index (κ3) is 4.55. The molecule has 21 heavy (non-hydrogen) atoms. The van der Waals surface area contributed by atoms with Crippen LogP contribution in [-0.2, 0) is 4.74 Å². The normalized spacial score (nSPS) is 23.8. The zero-order valence-corrected chi connectivity index (χ0v) is 14.4. The van der Waals surface area contributed by atoms with E-state index < -0.39 is 0 Å². The molecule has 1 aliphatic rings. The van der Waals surface area contributed by atoms with Crippen LogP contribution in [0.15, 0.2) is 24.3 Å². The molecule has 1 fully saturated rings. The standard InChI is InChI=1S/C16H25NO2S2/c1-3-14-16(21-11-10-20-14)15(17)12-6-4-5-7-13(12)19-9-8-18-2/h4-7,14-16H,3,8-11,17H2,1-2H3. The first-order valence-electron chi connectivity index (χ1n) is 7.47. The number of nitrogens with two attached hydrogens (primary N) is 1. The second-order valence-corrected chi connectivity index (χ2v) is 7.69. The molecule has 1 aliphatic heterocycles. The Morgan fingerprint density at radius 1 is 1.24 bits per heavy atom. The summed E-state index contributed by atoms with van der Waals surface area (Å²) in [6, 6.07) is 8.16. The van der Waals surface area contributed by atoms with Gasteiger partial charge in [-0.25, -0.2) is 0 Å². The molecule has 0 spiro atoms. The van der Waals surface area contributed by atoms with Gasteiger partial charge in [-0.15, -0.1) is 0 Å². The summed E-state index contributed by atoms with van der Waals surface area (Å²) in [6.07, 6.45) is 1.17. The van der Waals surface area contributed by atoms with Crippen molar-refractivity contribution in [1.29, 1.82) is 0 Å². The van der Waals surface area contributed by atoms with Crippen molar-refractivity contribution in [3.05, 3.63) is 29.8 Å². The first-order chi connectivity index (χ1) is 10.3. The molecule has 0 aromatic heterocycles. The lowest BCUT2D eigenvalue weighted by Crippen LogP contribution is -2.35. The Hall–Kier alpha value is -0.360. The molecule has 3 atom stereocenters. The van der Waals surface area contributed by atoms with Gasteiger partial charge in [-0.1, -0.05) is 25.1 Å². The van der Waals surface area contributed by atoms with E-state index in [1.54, 1.807) is 7.11 Å². The monoisotopic (exact) mass is 327 g/mol. The van der Waals surface area contributed by atoms with Crippen molar-refractivity contribution < 1.29 is 9.47 Å². The van der Waals surface area contributed by atoms with Gasteiger partial charge in [0.1, 0.15) is 12.4 Å². The quantitative estimate of drug-likeness (QED) is 0.778. The highest BCUT2D eigenvalue weighted by Gasteiger charge is 2.32. The summed E-state index contributed by atoms with van der Waals surface area (Å²) in [5, 5.41) is 1.09. The van der Waals surface area contributed by atoms with Gasteiger partial charge in [-0.2, -0.15) is 23.5 Å². The van der Waals surface area contributed by atoms with Gasteiger partial charge in [0.2, 0.25) is 0 Å². The Balaban J connectivity index is 2.11. The molecule has 0 saturated carbocycles. The van der Waals surface area contributed by atoms with Crippen LogP contribution in [0.2, 0.25) is 0 Å². The van der Waals surface area contributed by atoms with Crippen molar-refractivity contribution in [3.8, 4) is 5.75 Å². The SMILES string of the molecule is CCC1SCCSC1C(N)c1ccccc1OCCOC. The molecular weight excluding hydrogens is 302 g/mol. The second kappa shape index (κ2) is 8.93. The van der Waals surface area contributed by atoms with Gasteiger partial charge in [0, 0.05) is 40.7 Å². The van der Waals surface area contributed by atoms with E-state index in [2.05, 4.69) is 24.8 Å². The van der Waals surface area contributed by atoms with Crippen LogP contribution in [0.25, 0.3) is 0 Å². The Kier molecular flexibility index (Phi) is 7.23. The molecule has 2 N–H and O–H groups in total. The van der Waals surface area contributed by atoms with E-state index in [4.69, 9.17) is 15.2 Å². The zero-order chi connectivity index (χ0) is 15.1. The van der Waals surface area contributed by atoms with E-state index >= 15 is 0 Å². The fourth-order valence-electron chi connectivity index (χ4n) is 2.57. The molecule has 0 bridgehead atoms. The van der Waals surface area contributed by atoms with Gasteiger partial charge in [0.25, 0.3) is 0 Å². The lowest BCUT2D eigenvalue weighted by molar-refractivity contribution is 0.145. The Bertz CT molecular complexity index is 430. The van der Waals surface area contributed by atoms with E-state index in [0.29, 0.717) is 23.7 Å². The first kappa shape index (κ1) is 17.0. The number of methoxy groups -OCH3 is 1. The third-order valence-corrected chi connectivity index (χ3v) is 7.04. The van der Waals surface area contributed by atoms with Gasteiger partial charge >= 0.3 is 0 Å². The highest BCUT2D eigenvalue weighted by molar-refractivity contribution is 8.07. The van der Waals surface area contributed by atoms with E-state index in [1.807, 2.05) is 30.0 Å². The van der Waals surface area contributed by atoms with Crippen molar-refractivity contribution in [3.63, 3.8) is 0 Å². The number of benzene rings is 1. The lowest BCUT2D eigenvalue weighted by atomic mass is 10.00. The lowest BCUT2D eigenvalue weighted by Gasteiger charge is -2.34. The molecule has 0 radical (unpaired) electrons. The Labute approximate surface area is 136 Å². The van der Waals surface area contributed by atoms with Gasteiger partial charge in [0.05, 0.1) is 6.61 Å². The largest absolute Gasteiger partial charge is 0.491 e. The predicted molar refractivity (Wildman–Crippen MR) is 93.5 cm³/mol. The molecule has 1 heterocycles. The molecule has 0 aliphatic carbocycles. The highest BCUT2D eigenvalue weighted by Crippen LogP contribution is 2.41. The average molecular weight is 328 g/mol. The minimum atomic E-state index is 0.0199. The first-order valence-corrected chi connectivity index (χ1v) is 9.57. The van der Waals surface area contributed by atoms with Gasteiger partial charge < -0.3 is 15.2 Å². The summed E-state index contributed by atoms with van der Waals surface area (Å²) in [6.45, 7) is 3.41. The van der Waals surface area contributed by atoms with Gasteiger partial charge in [-0.05, 0) is 12.5 Å². The van der Waals surface area contributed by atoms with Crippen LogP contribution in [0.1, 0.15) is 24.9 Å². The van der Waals surface area contributed by atoms with Crippen LogP contribution in [0.5, 0.6) is 5.75 Å². The van der Waals surface area contributed by atoms with E-state index in [-0.39, 0.29) is 6.04 Å². The number of thioether (sulfide) groups is 2. The maximum Gasteiger partial charge on any atom is 0.124 e. The van der Waals surface area contributed by atoms with E-state index in [1.165, 1.54) is 17.9 Å². The summed E-state index contributed by atoms with van der Waals surface area (Å²) < 4.78 is 10.9. The molecule has 1 aromatic rings. The van der Waals surface area contributed by atoms with E-state index in [9.17, 15) is 0 Å². The Morgan fingerprint density at radius 2 is 2.00 bits per heavy atom. The second-order valence-electron chi connectivity index (χ2n) is 5.06. The van der Waals surface area contributed by atoms with Crippen LogP contribution in [0.4, 0.5) is 0 Å². The summed E-state index contributed by atoms with van der Waals surface area (Å²) in [4.78, 5) is 0. The summed E-state index contributed by atoms with van der Waals surface area (Å²) in [5.41, 5.74) is 7.71. The number of para-hydroxylation sites is 1. The molecule has 1 aromatic carbocycles. The van der Waals surface area contributed by atoms with Crippen molar-refractivity contribution in [2.24, 2.45) is 5.73 Å². The smallest absolute Gasteiger partial charge is 0.124 e. The van der Waals surface area contributed by atoms with Crippen LogP contribution in [0.3, 0.4) is 0 Å². The van der Waals surface area contributed by atoms with Gasteiger partial charge in [0.15, 0.2) is 0 Å². The minimum absolute atomic E-state index is 0.0199.